The number of hydrogen-bond acceptors (Lipinski definition) is 0. The van der Waals surface area contributed by atoms with E-state index in [1.165, 1.54) is 0 Å². The summed E-state index contributed by atoms with van der Waals surface area (Å²) in [5.74, 6) is 0. The lowest BCUT2D eigenvalue weighted by molar-refractivity contribution is 0.915. The summed E-state index contributed by atoms with van der Waals surface area (Å²) in [5.41, 5.74) is 1.05. The molecule has 0 N–H and O–H groups in total. The van der Waals surface area contributed by atoms with Crippen LogP contribution in [0.5, 0.6) is 0 Å². The fourth-order valence-corrected chi connectivity index (χ4v) is 0.647. The summed E-state index contributed by atoms with van der Waals surface area (Å²) in [6.45, 7) is 5.25. The maximum atomic E-state index is 5.25. The third kappa shape index (κ3) is 0.668. The van der Waals surface area contributed by atoms with E-state index in [1.807, 2.05) is 29.9 Å². The lowest BCUT2D eigenvalue weighted by Crippen LogP contribution is -1.85. The second-order valence-electron chi connectivity index (χ2n) is 1.71. The molecule has 0 atom stereocenters. The van der Waals surface area contributed by atoms with Crippen LogP contribution in [0.25, 0.3) is 6.08 Å². The quantitative estimate of drug-likeness (QED) is 0.511. The number of nitrogens with zero attached hydrogens (tertiary/aromatic N) is 1. The predicted octanol–water partition coefficient (Wildman–Crippen LogP) is 1.47. The average Bonchev–Trinajstić information content (AvgIpc) is 2.14. The zero-order chi connectivity index (χ0) is 5.98. The summed E-state index contributed by atoms with van der Waals surface area (Å²) >= 11 is 0. The summed E-state index contributed by atoms with van der Waals surface area (Å²) in [6, 6.07) is 3.92. The molecule has 0 saturated heterocycles. The van der Waals surface area contributed by atoms with Crippen LogP contribution in [0, 0.1) is 6.58 Å². The molecule has 1 rings (SSSR count). The second-order valence-corrected chi connectivity index (χ2v) is 1.71. The highest BCUT2D eigenvalue weighted by atomic mass is 14.9. The third-order valence-corrected chi connectivity index (χ3v) is 1.15. The molecular weight excluding hydrogens is 98.1 g/mol. The van der Waals surface area contributed by atoms with E-state index in [0.29, 0.717) is 0 Å². The molecule has 0 saturated carbocycles. The molecule has 0 amide bonds. The van der Waals surface area contributed by atoms with Crippen LogP contribution in [-0.2, 0) is 7.05 Å². The van der Waals surface area contributed by atoms with Gasteiger partial charge in [0.1, 0.15) is 0 Å². The first kappa shape index (κ1) is 5.16. The molecule has 0 unspecified atom stereocenters. The minimum absolute atomic E-state index is 1.05. The minimum Gasteiger partial charge on any atom is -0.351 e. The fourth-order valence-electron chi connectivity index (χ4n) is 0.647. The van der Waals surface area contributed by atoms with Crippen molar-refractivity contribution in [2.45, 2.75) is 0 Å². The largest absolute Gasteiger partial charge is 0.351 e. The van der Waals surface area contributed by atoms with E-state index >= 15 is 0 Å². The van der Waals surface area contributed by atoms with E-state index in [0.717, 1.165) is 5.69 Å². The Hall–Kier alpha value is -0.980. The standard InChI is InChI=1S/C7H8N/c1-3-7-5-4-6-8(7)2/h1,3-6H,2H3. The molecule has 0 bridgehead atoms. The van der Waals surface area contributed by atoms with Crippen molar-refractivity contribution in [2.24, 2.45) is 7.05 Å². The van der Waals surface area contributed by atoms with Crippen LogP contribution in [0.15, 0.2) is 18.3 Å². The van der Waals surface area contributed by atoms with Gasteiger partial charge in [-0.1, -0.05) is 6.58 Å². The minimum atomic E-state index is 1.05. The van der Waals surface area contributed by atoms with Crippen LogP contribution >= 0.6 is 0 Å². The highest BCUT2D eigenvalue weighted by molar-refractivity contribution is 5.40. The Bertz CT molecular complexity index is 186. The van der Waals surface area contributed by atoms with E-state index in [2.05, 4.69) is 0 Å². The molecule has 0 aliphatic heterocycles. The molecule has 0 aliphatic rings. The van der Waals surface area contributed by atoms with Crippen molar-refractivity contribution in [3.8, 4) is 0 Å². The van der Waals surface area contributed by atoms with Crippen molar-refractivity contribution in [1.82, 2.24) is 4.57 Å². The van der Waals surface area contributed by atoms with Gasteiger partial charge in [-0.15, -0.1) is 0 Å². The molecule has 8 heavy (non-hydrogen) atoms. The summed E-state index contributed by atoms with van der Waals surface area (Å²) in [5, 5.41) is 0. The van der Waals surface area contributed by atoms with Gasteiger partial charge in [0, 0.05) is 18.9 Å². The Morgan fingerprint density at radius 3 is 2.75 bits per heavy atom. The van der Waals surface area contributed by atoms with E-state index in [-0.39, 0.29) is 0 Å². The molecular formula is C7H8N. The van der Waals surface area contributed by atoms with Crippen LogP contribution in [0.1, 0.15) is 5.69 Å². The van der Waals surface area contributed by atoms with Gasteiger partial charge in [0.05, 0.1) is 0 Å². The Balaban J connectivity index is 3.09. The highest BCUT2D eigenvalue weighted by Gasteiger charge is 1.85. The van der Waals surface area contributed by atoms with Gasteiger partial charge in [0.2, 0.25) is 0 Å². The van der Waals surface area contributed by atoms with Gasteiger partial charge in [-0.05, 0) is 18.2 Å². The maximum Gasteiger partial charge on any atom is 0.0404 e. The van der Waals surface area contributed by atoms with E-state index in [9.17, 15) is 0 Å². The Morgan fingerprint density at radius 2 is 2.50 bits per heavy atom. The first-order chi connectivity index (χ1) is 3.84. The monoisotopic (exact) mass is 106 g/mol. The number of aromatic nitrogens is 1. The van der Waals surface area contributed by atoms with Gasteiger partial charge in [-0.3, -0.25) is 0 Å². The molecule has 1 heterocycles. The molecule has 0 spiro atoms. The maximum absolute atomic E-state index is 5.25. The van der Waals surface area contributed by atoms with Crippen LogP contribution in [-0.4, -0.2) is 4.57 Å². The summed E-state index contributed by atoms with van der Waals surface area (Å²) in [7, 11) is 1.96. The van der Waals surface area contributed by atoms with Crippen LogP contribution in [0.2, 0.25) is 0 Å². The van der Waals surface area contributed by atoms with Crippen molar-refractivity contribution in [3.05, 3.63) is 30.6 Å². The summed E-state index contributed by atoms with van der Waals surface area (Å²) in [4.78, 5) is 0. The Morgan fingerprint density at radius 1 is 1.75 bits per heavy atom. The molecule has 1 radical (unpaired) electrons. The summed E-state index contributed by atoms with van der Waals surface area (Å²) in [6.07, 6.45) is 3.54. The van der Waals surface area contributed by atoms with E-state index in [1.54, 1.807) is 6.08 Å². The Kier molecular flexibility index (Phi) is 1.20. The highest BCUT2D eigenvalue weighted by Crippen LogP contribution is 1.98. The van der Waals surface area contributed by atoms with Crippen molar-refractivity contribution in [1.29, 1.82) is 0 Å². The van der Waals surface area contributed by atoms with Gasteiger partial charge in [0.15, 0.2) is 0 Å². The normalized spacial score (nSPS) is 9.12. The number of rotatable bonds is 1. The number of hydrogen-bond donors (Lipinski definition) is 0. The Labute approximate surface area is 49.3 Å². The molecule has 1 nitrogen and oxygen atoms in total. The second kappa shape index (κ2) is 1.86. The van der Waals surface area contributed by atoms with Gasteiger partial charge in [-0.2, -0.15) is 0 Å². The molecule has 1 heteroatoms. The third-order valence-electron chi connectivity index (χ3n) is 1.15. The van der Waals surface area contributed by atoms with Gasteiger partial charge >= 0.3 is 0 Å². The molecule has 0 aliphatic carbocycles. The number of aryl methyl sites for hydroxylation is 1. The lowest BCUT2D eigenvalue weighted by Gasteiger charge is -1.91. The van der Waals surface area contributed by atoms with Crippen molar-refractivity contribution >= 4 is 6.08 Å². The summed E-state index contributed by atoms with van der Waals surface area (Å²) < 4.78 is 1.96. The molecule has 1 aromatic rings. The van der Waals surface area contributed by atoms with E-state index in [4.69, 9.17) is 6.58 Å². The van der Waals surface area contributed by atoms with Gasteiger partial charge in [0.25, 0.3) is 0 Å². The zero-order valence-corrected chi connectivity index (χ0v) is 4.83. The lowest BCUT2D eigenvalue weighted by atomic mass is 10.4. The van der Waals surface area contributed by atoms with Gasteiger partial charge < -0.3 is 4.57 Å². The molecule has 0 aromatic carbocycles. The fraction of sp³-hybridized carbons (Fsp3) is 0.143. The SMILES string of the molecule is [CH]=Cc1cccn1C. The molecule has 41 valence electrons. The smallest absolute Gasteiger partial charge is 0.0404 e. The van der Waals surface area contributed by atoms with Gasteiger partial charge in [-0.25, -0.2) is 0 Å². The van der Waals surface area contributed by atoms with Crippen molar-refractivity contribution in [2.75, 3.05) is 0 Å². The van der Waals surface area contributed by atoms with Crippen LogP contribution in [0.4, 0.5) is 0 Å². The topological polar surface area (TPSA) is 4.93 Å². The van der Waals surface area contributed by atoms with Crippen LogP contribution in [0.3, 0.4) is 0 Å². The van der Waals surface area contributed by atoms with Crippen molar-refractivity contribution < 1.29 is 0 Å². The van der Waals surface area contributed by atoms with Crippen molar-refractivity contribution in [3.63, 3.8) is 0 Å². The van der Waals surface area contributed by atoms with Crippen LogP contribution < -0.4 is 0 Å². The molecule has 1 aromatic heterocycles. The molecule has 0 fully saturated rings. The first-order valence-electron chi connectivity index (χ1n) is 2.51. The average molecular weight is 106 g/mol. The zero-order valence-electron chi connectivity index (χ0n) is 4.83. The first-order valence-corrected chi connectivity index (χ1v) is 2.51. The van der Waals surface area contributed by atoms with E-state index < -0.39 is 0 Å². The predicted molar refractivity (Wildman–Crippen MR) is 34.2 cm³/mol.